The van der Waals surface area contributed by atoms with E-state index >= 15 is 0 Å². The summed E-state index contributed by atoms with van der Waals surface area (Å²) < 4.78 is 0. The maximum Gasteiger partial charge on any atom is 0.228 e. The van der Waals surface area contributed by atoms with Crippen LogP contribution in [0.25, 0.3) is 0 Å². The molecule has 86 valence electrons. The lowest BCUT2D eigenvalue weighted by atomic mass is 9.93. The van der Waals surface area contributed by atoms with Crippen LogP contribution in [0.1, 0.15) is 32.6 Å². The molecule has 4 heteroatoms. The average molecular weight is 211 g/mol. The first-order chi connectivity index (χ1) is 7.03. The van der Waals surface area contributed by atoms with E-state index in [1.165, 1.54) is 0 Å². The van der Waals surface area contributed by atoms with Crippen molar-refractivity contribution < 1.29 is 4.79 Å². The molecule has 0 bridgehead atoms. The standard InChI is InChI=1S/C11H21N3O/c1-11(4-5-11)10(15)14-6-2-8(3-7-14)9(12)13/h8-9H,2-7,12-13H2,1H3. The minimum absolute atomic E-state index is 0.0301. The first-order valence-corrected chi connectivity index (χ1v) is 5.83. The van der Waals surface area contributed by atoms with E-state index in [2.05, 4.69) is 6.92 Å². The highest BCUT2D eigenvalue weighted by Crippen LogP contribution is 2.46. The monoisotopic (exact) mass is 211 g/mol. The molecule has 0 aromatic carbocycles. The van der Waals surface area contributed by atoms with Gasteiger partial charge in [0.2, 0.25) is 5.91 Å². The zero-order valence-electron chi connectivity index (χ0n) is 9.41. The third-order valence-corrected chi connectivity index (χ3v) is 3.89. The zero-order valence-corrected chi connectivity index (χ0v) is 9.41. The number of nitrogens with two attached hydrogens (primary N) is 2. The molecule has 1 aliphatic carbocycles. The summed E-state index contributed by atoms with van der Waals surface area (Å²) >= 11 is 0. The minimum atomic E-state index is -0.223. The topological polar surface area (TPSA) is 72.3 Å². The maximum absolute atomic E-state index is 12.0. The van der Waals surface area contributed by atoms with Crippen LogP contribution in [0.15, 0.2) is 0 Å². The Morgan fingerprint density at radius 3 is 2.27 bits per heavy atom. The molecule has 0 atom stereocenters. The van der Waals surface area contributed by atoms with Gasteiger partial charge in [0.1, 0.15) is 0 Å². The van der Waals surface area contributed by atoms with E-state index < -0.39 is 0 Å². The van der Waals surface area contributed by atoms with E-state index in [-0.39, 0.29) is 11.6 Å². The molecule has 4 nitrogen and oxygen atoms in total. The second kappa shape index (κ2) is 3.76. The van der Waals surface area contributed by atoms with Crippen molar-refractivity contribution in [2.24, 2.45) is 22.8 Å². The van der Waals surface area contributed by atoms with Gasteiger partial charge >= 0.3 is 0 Å². The lowest BCUT2D eigenvalue weighted by Crippen LogP contribution is -2.48. The summed E-state index contributed by atoms with van der Waals surface area (Å²) in [5.74, 6) is 0.729. The van der Waals surface area contributed by atoms with Gasteiger partial charge in [-0.05, 0) is 31.6 Å². The second-order valence-electron chi connectivity index (χ2n) is 5.27. The molecule has 2 aliphatic rings. The molecular weight excluding hydrogens is 190 g/mol. The van der Waals surface area contributed by atoms with Gasteiger partial charge in [-0.25, -0.2) is 0 Å². The first kappa shape index (κ1) is 10.9. The summed E-state index contributed by atoms with van der Waals surface area (Å²) in [6, 6.07) is 0. The van der Waals surface area contributed by atoms with Crippen molar-refractivity contribution in [2.45, 2.75) is 38.8 Å². The lowest BCUT2D eigenvalue weighted by molar-refractivity contribution is -0.137. The third kappa shape index (κ3) is 2.16. The van der Waals surface area contributed by atoms with Gasteiger partial charge in [0.25, 0.3) is 0 Å². The van der Waals surface area contributed by atoms with E-state index in [1.807, 2.05) is 4.90 Å². The zero-order chi connectivity index (χ0) is 11.1. The van der Waals surface area contributed by atoms with E-state index in [0.29, 0.717) is 11.8 Å². The van der Waals surface area contributed by atoms with Crippen molar-refractivity contribution in [1.82, 2.24) is 4.90 Å². The van der Waals surface area contributed by atoms with Gasteiger partial charge in [0.15, 0.2) is 0 Å². The number of hydrogen-bond donors (Lipinski definition) is 2. The summed E-state index contributed by atoms with van der Waals surface area (Å²) in [6.45, 7) is 3.74. The largest absolute Gasteiger partial charge is 0.342 e. The maximum atomic E-state index is 12.0. The van der Waals surface area contributed by atoms with Crippen LogP contribution in [0.2, 0.25) is 0 Å². The number of hydrogen-bond acceptors (Lipinski definition) is 3. The van der Waals surface area contributed by atoms with Gasteiger partial charge in [-0.2, -0.15) is 0 Å². The van der Waals surface area contributed by atoms with Crippen molar-refractivity contribution >= 4 is 5.91 Å². The molecule has 0 spiro atoms. The highest BCUT2D eigenvalue weighted by molar-refractivity contribution is 5.84. The molecule has 1 amide bonds. The SMILES string of the molecule is CC1(C(=O)N2CCC(C(N)N)CC2)CC1. The normalized spacial score (nSPS) is 25.7. The number of likely N-dealkylation sites (tertiary alicyclic amines) is 1. The van der Waals surface area contributed by atoms with Crippen molar-refractivity contribution in [3.63, 3.8) is 0 Å². The molecule has 1 heterocycles. The Kier molecular flexibility index (Phi) is 2.73. The average Bonchev–Trinajstić information content (AvgIpc) is 2.97. The Labute approximate surface area is 91.0 Å². The molecule has 0 aromatic rings. The summed E-state index contributed by atoms with van der Waals surface area (Å²) in [5.41, 5.74) is 11.3. The molecule has 0 aromatic heterocycles. The number of piperidine rings is 1. The van der Waals surface area contributed by atoms with Crippen molar-refractivity contribution in [3.05, 3.63) is 0 Å². The van der Waals surface area contributed by atoms with Crippen LogP contribution in [0.5, 0.6) is 0 Å². The van der Waals surface area contributed by atoms with Gasteiger partial charge < -0.3 is 16.4 Å². The minimum Gasteiger partial charge on any atom is -0.342 e. The van der Waals surface area contributed by atoms with Crippen LogP contribution in [0.3, 0.4) is 0 Å². The predicted molar refractivity (Wildman–Crippen MR) is 58.8 cm³/mol. The van der Waals surface area contributed by atoms with Crippen LogP contribution in [-0.2, 0) is 4.79 Å². The van der Waals surface area contributed by atoms with E-state index in [1.54, 1.807) is 0 Å². The van der Waals surface area contributed by atoms with Crippen molar-refractivity contribution in [1.29, 1.82) is 0 Å². The molecule has 15 heavy (non-hydrogen) atoms. The molecule has 1 saturated carbocycles. The van der Waals surface area contributed by atoms with Gasteiger partial charge in [0, 0.05) is 18.5 Å². The second-order valence-corrected chi connectivity index (χ2v) is 5.27. The van der Waals surface area contributed by atoms with Crippen LogP contribution in [0.4, 0.5) is 0 Å². The fourth-order valence-corrected chi connectivity index (χ4v) is 2.27. The van der Waals surface area contributed by atoms with Crippen LogP contribution in [0, 0.1) is 11.3 Å². The quantitative estimate of drug-likeness (QED) is 0.644. The van der Waals surface area contributed by atoms with Crippen LogP contribution < -0.4 is 11.5 Å². The highest BCUT2D eigenvalue weighted by atomic mass is 16.2. The van der Waals surface area contributed by atoms with Crippen molar-refractivity contribution in [3.8, 4) is 0 Å². The number of nitrogens with zero attached hydrogens (tertiary/aromatic N) is 1. The number of rotatable bonds is 2. The molecule has 4 N–H and O–H groups in total. The summed E-state index contributed by atoms with van der Waals surface area (Å²) in [5, 5.41) is 0. The summed E-state index contributed by atoms with van der Waals surface area (Å²) in [6.07, 6.45) is 3.81. The third-order valence-electron chi connectivity index (χ3n) is 3.89. The molecule has 2 fully saturated rings. The predicted octanol–water partition coefficient (Wildman–Crippen LogP) is 0.269. The molecular formula is C11H21N3O. The van der Waals surface area contributed by atoms with Crippen LogP contribution >= 0.6 is 0 Å². The summed E-state index contributed by atoms with van der Waals surface area (Å²) in [4.78, 5) is 14.0. The Morgan fingerprint density at radius 2 is 1.87 bits per heavy atom. The van der Waals surface area contributed by atoms with E-state index in [9.17, 15) is 4.79 Å². The molecule has 1 aliphatic heterocycles. The fourth-order valence-electron chi connectivity index (χ4n) is 2.27. The first-order valence-electron chi connectivity index (χ1n) is 5.83. The van der Waals surface area contributed by atoms with Crippen LogP contribution in [-0.4, -0.2) is 30.1 Å². The number of carbonyl (C=O) groups is 1. The summed E-state index contributed by atoms with van der Waals surface area (Å²) in [7, 11) is 0. The molecule has 0 radical (unpaired) electrons. The van der Waals surface area contributed by atoms with Gasteiger partial charge in [0.05, 0.1) is 6.17 Å². The Hall–Kier alpha value is -0.610. The smallest absolute Gasteiger partial charge is 0.228 e. The van der Waals surface area contributed by atoms with Gasteiger partial charge in [-0.3, -0.25) is 4.79 Å². The van der Waals surface area contributed by atoms with Gasteiger partial charge in [-0.15, -0.1) is 0 Å². The van der Waals surface area contributed by atoms with Gasteiger partial charge in [-0.1, -0.05) is 6.92 Å². The molecule has 1 saturated heterocycles. The lowest BCUT2D eigenvalue weighted by Gasteiger charge is -2.35. The number of carbonyl (C=O) groups excluding carboxylic acids is 1. The highest BCUT2D eigenvalue weighted by Gasteiger charge is 2.47. The fraction of sp³-hybridized carbons (Fsp3) is 0.909. The Morgan fingerprint density at radius 1 is 1.33 bits per heavy atom. The Bertz CT molecular complexity index is 253. The molecule has 2 rings (SSSR count). The number of amides is 1. The Balaban J connectivity index is 1.85. The van der Waals surface area contributed by atoms with E-state index in [4.69, 9.17) is 11.5 Å². The van der Waals surface area contributed by atoms with Crippen molar-refractivity contribution in [2.75, 3.05) is 13.1 Å². The molecule has 0 unspecified atom stereocenters. The van der Waals surface area contributed by atoms with E-state index in [0.717, 1.165) is 38.8 Å².